The quantitative estimate of drug-likeness (QED) is 0.165. The van der Waals surface area contributed by atoms with Crippen molar-refractivity contribution in [3.05, 3.63) is 82.9 Å². The average molecular weight is 521 g/mol. The first kappa shape index (κ1) is 29.8. The Balaban J connectivity index is 2.16. The molecule has 0 fully saturated rings. The molecule has 8 heteroatoms. The first-order valence-corrected chi connectivity index (χ1v) is 12.3. The van der Waals surface area contributed by atoms with E-state index in [0.717, 1.165) is 24.3 Å². The van der Waals surface area contributed by atoms with Crippen molar-refractivity contribution in [3.63, 3.8) is 0 Å². The number of esters is 2. The Hall–Kier alpha value is -3.42. The Morgan fingerprint density at radius 1 is 0.703 bits per heavy atom. The summed E-state index contributed by atoms with van der Waals surface area (Å²) < 4.78 is 66.6. The molecule has 0 saturated heterocycles. The predicted octanol–water partition coefficient (Wildman–Crippen LogP) is 7.56. The SMILES string of the molecule is CCC=C(c1ccc(F)cc1F)C(CC)OC(=O)CC(=O)OC(CC)C(=CCC)c1ccc(F)cc1F. The standard InChI is InChI=1S/C29H32F4O4/c1-5-9-22(20-13-11-18(30)15-24(20)32)26(7-3)36-28(34)17-29(35)37-27(8-4)23(10-6-2)21-14-12-19(31)16-25(21)33/h9-16,26-27H,5-8,17H2,1-4H3. The fourth-order valence-electron chi connectivity index (χ4n) is 3.97. The number of benzene rings is 2. The van der Waals surface area contributed by atoms with E-state index in [0.29, 0.717) is 24.0 Å². The molecule has 2 unspecified atom stereocenters. The zero-order valence-corrected chi connectivity index (χ0v) is 21.5. The molecule has 0 aliphatic rings. The smallest absolute Gasteiger partial charge is 0.317 e. The average Bonchev–Trinajstić information content (AvgIpc) is 2.84. The van der Waals surface area contributed by atoms with Crippen LogP contribution in [0.2, 0.25) is 0 Å². The van der Waals surface area contributed by atoms with Crippen LogP contribution in [0.25, 0.3) is 11.1 Å². The zero-order chi connectivity index (χ0) is 27.5. The summed E-state index contributed by atoms with van der Waals surface area (Å²) in [5, 5.41) is 0. The third-order valence-corrected chi connectivity index (χ3v) is 5.60. The van der Waals surface area contributed by atoms with E-state index in [-0.39, 0.29) is 24.0 Å². The molecule has 0 amide bonds. The molecule has 0 spiro atoms. The Labute approximate surface area is 215 Å². The lowest BCUT2D eigenvalue weighted by atomic mass is 9.96. The Morgan fingerprint density at radius 2 is 1.08 bits per heavy atom. The minimum atomic E-state index is -0.884. The molecule has 37 heavy (non-hydrogen) atoms. The minimum Gasteiger partial charge on any atom is -0.457 e. The molecule has 0 N–H and O–H groups in total. The molecule has 2 aromatic rings. The highest BCUT2D eigenvalue weighted by atomic mass is 19.1. The Kier molecular flexibility index (Phi) is 11.6. The third kappa shape index (κ3) is 8.30. The van der Waals surface area contributed by atoms with Crippen molar-refractivity contribution >= 4 is 23.1 Å². The highest BCUT2D eigenvalue weighted by Crippen LogP contribution is 2.29. The molecule has 0 radical (unpaired) electrons. The number of halogens is 4. The van der Waals surface area contributed by atoms with Gasteiger partial charge in [-0.15, -0.1) is 0 Å². The normalized spacial score (nSPS) is 13.7. The second-order valence-corrected chi connectivity index (χ2v) is 8.33. The van der Waals surface area contributed by atoms with Crippen molar-refractivity contribution in [1.82, 2.24) is 0 Å². The lowest BCUT2D eigenvalue weighted by Crippen LogP contribution is -2.25. The van der Waals surface area contributed by atoms with E-state index < -0.39 is 53.8 Å². The second-order valence-electron chi connectivity index (χ2n) is 8.33. The van der Waals surface area contributed by atoms with Crippen LogP contribution in [-0.4, -0.2) is 24.1 Å². The molecule has 2 rings (SSSR count). The molecule has 200 valence electrons. The highest BCUT2D eigenvalue weighted by Gasteiger charge is 2.26. The summed E-state index contributed by atoms with van der Waals surface area (Å²) >= 11 is 0. The van der Waals surface area contributed by atoms with Crippen LogP contribution < -0.4 is 0 Å². The van der Waals surface area contributed by atoms with Crippen LogP contribution in [0, 0.1) is 23.3 Å². The molecule has 4 nitrogen and oxygen atoms in total. The summed E-state index contributed by atoms with van der Waals surface area (Å²) in [6.45, 7) is 7.11. The van der Waals surface area contributed by atoms with Crippen molar-refractivity contribution in [2.24, 2.45) is 0 Å². The van der Waals surface area contributed by atoms with Gasteiger partial charge in [-0.1, -0.05) is 39.8 Å². The van der Waals surface area contributed by atoms with Gasteiger partial charge in [-0.05, 0) is 61.1 Å². The molecule has 0 aromatic heterocycles. The van der Waals surface area contributed by atoms with Gasteiger partial charge in [0.25, 0.3) is 0 Å². The van der Waals surface area contributed by atoms with Gasteiger partial charge in [-0.2, -0.15) is 0 Å². The van der Waals surface area contributed by atoms with E-state index >= 15 is 0 Å². The maximum absolute atomic E-state index is 14.4. The van der Waals surface area contributed by atoms with Crippen LogP contribution in [0.5, 0.6) is 0 Å². The lowest BCUT2D eigenvalue weighted by Gasteiger charge is -2.22. The molecule has 0 aliphatic carbocycles. The summed E-state index contributed by atoms with van der Waals surface area (Å²) in [7, 11) is 0. The van der Waals surface area contributed by atoms with Gasteiger partial charge in [-0.3, -0.25) is 9.59 Å². The number of rotatable bonds is 12. The van der Waals surface area contributed by atoms with Crippen LogP contribution in [0.15, 0.2) is 48.6 Å². The van der Waals surface area contributed by atoms with Gasteiger partial charge in [0.1, 0.15) is 41.9 Å². The van der Waals surface area contributed by atoms with Crippen LogP contribution in [0.1, 0.15) is 70.9 Å². The van der Waals surface area contributed by atoms with E-state index in [4.69, 9.17) is 9.47 Å². The fraction of sp³-hybridized carbons (Fsp3) is 0.379. The number of ether oxygens (including phenoxy) is 2. The van der Waals surface area contributed by atoms with E-state index in [1.807, 2.05) is 13.8 Å². The number of hydrogen-bond acceptors (Lipinski definition) is 4. The van der Waals surface area contributed by atoms with Crippen molar-refractivity contribution in [2.45, 2.75) is 72.0 Å². The first-order valence-electron chi connectivity index (χ1n) is 12.3. The molecular formula is C29H32F4O4. The maximum Gasteiger partial charge on any atom is 0.317 e. The van der Waals surface area contributed by atoms with Crippen LogP contribution >= 0.6 is 0 Å². The molecule has 0 heterocycles. The van der Waals surface area contributed by atoms with E-state index in [1.165, 1.54) is 12.1 Å². The van der Waals surface area contributed by atoms with Crippen molar-refractivity contribution in [2.75, 3.05) is 0 Å². The van der Waals surface area contributed by atoms with Crippen molar-refractivity contribution in [3.8, 4) is 0 Å². The molecule has 0 bridgehead atoms. The predicted molar refractivity (Wildman–Crippen MR) is 134 cm³/mol. The number of carbonyl (C=O) groups excluding carboxylic acids is 2. The van der Waals surface area contributed by atoms with Gasteiger partial charge >= 0.3 is 11.9 Å². The summed E-state index contributed by atoms with van der Waals surface area (Å²) in [4.78, 5) is 25.2. The highest BCUT2D eigenvalue weighted by molar-refractivity contribution is 5.92. The topological polar surface area (TPSA) is 52.6 Å². The number of carbonyl (C=O) groups is 2. The van der Waals surface area contributed by atoms with Crippen LogP contribution in [0.4, 0.5) is 17.6 Å². The van der Waals surface area contributed by atoms with Gasteiger partial charge in [-0.25, -0.2) is 17.6 Å². The second kappa shape index (κ2) is 14.4. The zero-order valence-electron chi connectivity index (χ0n) is 21.5. The fourth-order valence-corrected chi connectivity index (χ4v) is 3.97. The molecule has 0 saturated carbocycles. The van der Waals surface area contributed by atoms with Crippen LogP contribution in [0.3, 0.4) is 0 Å². The summed E-state index contributed by atoms with van der Waals surface area (Å²) in [6.07, 6.45) is 2.49. The van der Waals surface area contributed by atoms with Crippen molar-refractivity contribution < 1.29 is 36.6 Å². The maximum atomic E-state index is 14.4. The Bertz CT molecular complexity index is 1070. The summed E-state index contributed by atoms with van der Waals surface area (Å²) in [5.74, 6) is -4.81. The lowest BCUT2D eigenvalue weighted by molar-refractivity contribution is -0.157. The summed E-state index contributed by atoms with van der Waals surface area (Å²) in [5.41, 5.74) is 0.950. The molecular weight excluding hydrogens is 488 g/mol. The molecule has 2 atom stereocenters. The van der Waals surface area contributed by atoms with E-state index in [9.17, 15) is 27.2 Å². The first-order chi connectivity index (χ1) is 17.6. The van der Waals surface area contributed by atoms with Gasteiger partial charge in [0.2, 0.25) is 0 Å². The van der Waals surface area contributed by atoms with E-state index in [1.54, 1.807) is 26.0 Å². The van der Waals surface area contributed by atoms with Gasteiger partial charge in [0.15, 0.2) is 0 Å². The van der Waals surface area contributed by atoms with Gasteiger partial charge < -0.3 is 9.47 Å². The number of hydrogen-bond donors (Lipinski definition) is 0. The monoisotopic (exact) mass is 520 g/mol. The number of allylic oxidation sites excluding steroid dienone is 2. The van der Waals surface area contributed by atoms with Crippen molar-refractivity contribution in [1.29, 1.82) is 0 Å². The molecule has 0 aliphatic heterocycles. The van der Waals surface area contributed by atoms with E-state index in [2.05, 4.69) is 0 Å². The third-order valence-electron chi connectivity index (χ3n) is 5.60. The van der Waals surface area contributed by atoms with Gasteiger partial charge in [0.05, 0.1) is 0 Å². The minimum absolute atomic E-state index is 0.104. The Morgan fingerprint density at radius 3 is 1.38 bits per heavy atom. The molecule has 2 aromatic carbocycles. The summed E-state index contributed by atoms with van der Waals surface area (Å²) in [6, 6.07) is 6.29. The van der Waals surface area contributed by atoms with Crippen LogP contribution in [-0.2, 0) is 19.1 Å². The largest absolute Gasteiger partial charge is 0.457 e. The van der Waals surface area contributed by atoms with Gasteiger partial charge in [0, 0.05) is 23.3 Å².